The third kappa shape index (κ3) is 4.02. The standard InChI is InChI=1S/C16H24FNO/c1-12-6-5-7-13(10-12)19-11-16(18-2)14-8-3-4-9-15(14)17/h3-4,8-9,12-13,16,18H,5-7,10-11H2,1-2H3. The molecule has 0 spiro atoms. The van der Waals surface area contributed by atoms with Crippen LogP contribution in [-0.2, 0) is 4.74 Å². The van der Waals surface area contributed by atoms with E-state index in [2.05, 4.69) is 12.2 Å². The fourth-order valence-electron chi connectivity index (χ4n) is 2.85. The van der Waals surface area contributed by atoms with E-state index in [1.54, 1.807) is 6.07 Å². The Morgan fingerprint density at radius 1 is 1.37 bits per heavy atom. The monoisotopic (exact) mass is 265 g/mol. The van der Waals surface area contributed by atoms with Crippen LogP contribution in [0.4, 0.5) is 4.39 Å². The van der Waals surface area contributed by atoms with Gasteiger partial charge >= 0.3 is 0 Å². The average molecular weight is 265 g/mol. The lowest BCUT2D eigenvalue weighted by Crippen LogP contribution is -2.28. The number of hydrogen-bond donors (Lipinski definition) is 1. The molecule has 0 bridgehead atoms. The Morgan fingerprint density at radius 3 is 2.84 bits per heavy atom. The van der Waals surface area contributed by atoms with E-state index in [9.17, 15) is 4.39 Å². The second kappa shape index (κ2) is 7.01. The van der Waals surface area contributed by atoms with Crippen LogP contribution in [0.1, 0.15) is 44.2 Å². The Morgan fingerprint density at radius 2 is 2.16 bits per heavy atom. The van der Waals surface area contributed by atoms with Gasteiger partial charge in [0, 0.05) is 5.56 Å². The largest absolute Gasteiger partial charge is 0.376 e. The molecule has 0 amide bonds. The van der Waals surface area contributed by atoms with Crippen LogP contribution in [0.25, 0.3) is 0 Å². The normalized spacial score (nSPS) is 25.2. The van der Waals surface area contributed by atoms with Crippen molar-refractivity contribution in [3.8, 4) is 0 Å². The van der Waals surface area contributed by atoms with Gasteiger partial charge in [0.05, 0.1) is 18.8 Å². The Balaban J connectivity index is 1.91. The zero-order valence-electron chi connectivity index (χ0n) is 11.9. The van der Waals surface area contributed by atoms with Gasteiger partial charge in [-0.05, 0) is 31.9 Å². The van der Waals surface area contributed by atoms with E-state index in [4.69, 9.17) is 4.74 Å². The lowest BCUT2D eigenvalue weighted by atomic mass is 9.89. The molecule has 1 N–H and O–H groups in total. The summed E-state index contributed by atoms with van der Waals surface area (Å²) in [5, 5.41) is 3.14. The molecule has 0 aromatic heterocycles. The second-order valence-corrected chi connectivity index (χ2v) is 5.59. The molecule has 3 atom stereocenters. The molecular weight excluding hydrogens is 241 g/mol. The van der Waals surface area contributed by atoms with E-state index < -0.39 is 0 Å². The van der Waals surface area contributed by atoms with Gasteiger partial charge < -0.3 is 10.1 Å². The summed E-state index contributed by atoms with van der Waals surface area (Å²) in [4.78, 5) is 0. The minimum Gasteiger partial charge on any atom is -0.376 e. The van der Waals surface area contributed by atoms with E-state index in [-0.39, 0.29) is 11.9 Å². The summed E-state index contributed by atoms with van der Waals surface area (Å²) in [5.74, 6) is 0.586. The summed E-state index contributed by atoms with van der Waals surface area (Å²) < 4.78 is 19.7. The highest BCUT2D eigenvalue weighted by Gasteiger charge is 2.21. The van der Waals surface area contributed by atoms with Crippen molar-refractivity contribution < 1.29 is 9.13 Å². The molecule has 2 rings (SSSR count). The molecule has 0 saturated heterocycles. The maximum absolute atomic E-state index is 13.8. The third-order valence-corrected chi connectivity index (χ3v) is 4.02. The van der Waals surface area contributed by atoms with Crippen LogP contribution in [0.3, 0.4) is 0 Å². The molecule has 0 aliphatic heterocycles. The molecule has 1 aliphatic carbocycles. The molecule has 1 aromatic carbocycles. The fourth-order valence-corrected chi connectivity index (χ4v) is 2.85. The molecule has 0 heterocycles. The molecule has 3 unspecified atom stereocenters. The van der Waals surface area contributed by atoms with Crippen LogP contribution in [0.5, 0.6) is 0 Å². The maximum atomic E-state index is 13.8. The first-order chi connectivity index (χ1) is 9.20. The van der Waals surface area contributed by atoms with E-state index in [0.29, 0.717) is 18.3 Å². The van der Waals surface area contributed by atoms with Crippen molar-refractivity contribution in [2.24, 2.45) is 5.92 Å². The molecule has 1 saturated carbocycles. The predicted molar refractivity (Wildman–Crippen MR) is 75.6 cm³/mol. The zero-order valence-corrected chi connectivity index (χ0v) is 11.9. The Hall–Kier alpha value is -0.930. The van der Waals surface area contributed by atoms with Crippen LogP contribution in [-0.4, -0.2) is 19.8 Å². The van der Waals surface area contributed by atoms with E-state index in [1.807, 2.05) is 19.2 Å². The molecule has 2 nitrogen and oxygen atoms in total. The first-order valence-corrected chi connectivity index (χ1v) is 7.24. The summed E-state index contributed by atoms with van der Waals surface area (Å²) in [7, 11) is 1.85. The van der Waals surface area contributed by atoms with Gasteiger partial charge in [-0.1, -0.05) is 38.0 Å². The molecule has 1 aromatic rings. The average Bonchev–Trinajstić information content (AvgIpc) is 2.41. The van der Waals surface area contributed by atoms with Gasteiger partial charge in [0.15, 0.2) is 0 Å². The van der Waals surface area contributed by atoms with Gasteiger partial charge in [0.2, 0.25) is 0 Å². The number of halogens is 1. The molecule has 19 heavy (non-hydrogen) atoms. The minimum absolute atomic E-state index is 0.0709. The number of nitrogens with one attached hydrogen (secondary N) is 1. The molecule has 1 fully saturated rings. The van der Waals surface area contributed by atoms with Crippen molar-refractivity contribution in [3.05, 3.63) is 35.6 Å². The summed E-state index contributed by atoms with van der Waals surface area (Å²) >= 11 is 0. The Labute approximate surface area is 115 Å². The smallest absolute Gasteiger partial charge is 0.128 e. The summed E-state index contributed by atoms with van der Waals surface area (Å²) in [6, 6.07) is 6.84. The van der Waals surface area contributed by atoms with Crippen molar-refractivity contribution in [1.29, 1.82) is 0 Å². The lowest BCUT2D eigenvalue weighted by Gasteiger charge is -2.28. The highest BCUT2D eigenvalue weighted by Crippen LogP contribution is 2.27. The first-order valence-electron chi connectivity index (χ1n) is 7.24. The molecule has 3 heteroatoms. The van der Waals surface area contributed by atoms with Crippen molar-refractivity contribution in [3.63, 3.8) is 0 Å². The Kier molecular flexibility index (Phi) is 5.34. The summed E-state index contributed by atoms with van der Waals surface area (Å²) in [6.07, 6.45) is 5.16. The van der Waals surface area contributed by atoms with Crippen LogP contribution < -0.4 is 5.32 Å². The van der Waals surface area contributed by atoms with Gasteiger partial charge in [0.1, 0.15) is 5.82 Å². The van der Waals surface area contributed by atoms with E-state index in [1.165, 1.54) is 18.9 Å². The molecule has 1 aliphatic rings. The van der Waals surface area contributed by atoms with Gasteiger partial charge in [-0.2, -0.15) is 0 Å². The fraction of sp³-hybridized carbons (Fsp3) is 0.625. The first kappa shape index (κ1) is 14.5. The number of ether oxygens (including phenoxy) is 1. The highest BCUT2D eigenvalue weighted by molar-refractivity contribution is 5.21. The number of rotatable bonds is 5. The Bertz CT molecular complexity index is 396. The third-order valence-electron chi connectivity index (χ3n) is 4.02. The number of likely N-dealkylation sites (N-methyl/N-ethyl adjacent to an activating group) is 1. The number of benzene rings is 1. The summed E-state index contributed by atoms with van der Waals surface area (Å²) in [6.45, 7) is 2.82. The minimum atomic E-state index is -0.164. The topological polar surface area (TPSA) is 21.3 Å². The van der Waals surface area contributed by atoms with Crippen LogP contribution >= 0.6 is 0 Å². The molecular formula is C16H24FNO. The zero-order chi connectivity index (χ0) is 13.7. The molecule has 0 radical (unpaired) electrons. The predicted octanol–water partition coefficient (Wildman–Crippen LogP) is 3.68. The van der Waals surface area contributed by atoms with Crippen molar-refractivity contribution in [2.75, 3.05) is 13.7 Å². The van der Waals surface area contributed by atoms with Crippen molar-refractivity contribution in [1.82, 2.24) is 5.32 Å². The summed E-state index contributed by atoms with van der Waals surface area (Å²) in [5.41, 5.74) is 0.689. The molecule has 106 valence electrons. The highest BCUT2D eigenvalue weighted by atomic mass is 19.1. The quantitative estimate of drug-likeness (QED) is 0.877. The van der Waals surface area contributed by atoms with Gasteiger partial charge in [-0.3, -0.25) is 0 Å². The van der Waals surface area contributed by atoms with Crippen LogP contribution in [0.15, 0.2) is 24.3 Å². The van der Waals surface area contributed by atoms with Gasteiger partial charge in [-0.15, -0.1) is 0 Å². The SMILES string of the molecule is CNC(COC1CCCC(C)C1)c1ccccc1F. The van der Waals surface area contributed by atoms with E-state index in [0.717, 1.165) is 18.8 Å². The van der Waals surface area contributed by atoms with Crippen molar-refractivity contribution >= 4 is 0 Å². The van der Waals surface area contributed by atoms with Gasteiger partial charge in [0.25, 0.3) is 0 Å². The number of hydrogen-bond acceptors (Lipinski definition) is 2. The van der Waals surface area contributed by atoms with Gasteiger partial charge in [-0.25, -0.2) is 4.39 Å². The van der Waals surface area contributed by atoms with Crippen LogP contribution in [0, 0.1) is 11.7 Å². The second-order valence-electron chi connectivity index (χ2n) is 5.59. The lowest BCUT2D eigenvalue weighted by molar-refractivity contribution is 0.00448. The van der Waals surface area contributed by atoms with Crippen molar-refractivity contribution in [2.45, 2.75) is 44.8 Å². The maximum Gasteiger partial charge on any atom is 0.128 e. The van der Waals surface area contributed by atoms with Crippen LogP contribution in [0.2, 0.25) is 0 Å². The van der Waals surface area contributed by atoms with E-state index >= 15 is 0 Å².